The number of amides is 1. The lowest BCUT2D eigenvalue weighted by Crippen LogP contribution is -2.59. The standard InChI is InChI=1S/C21H20FNO4/c1-21(14-5-3-2-4-6-14)13-26-10-9-23(21)20(25)19-12-17(24)16-11-15(22)7-8-18(16)27-19/h2-8,11,19H,9-10,12-13H2,1H3. The number of carbonyl (C=O) groups is 2. The molecule has 2 aromatic rings. The van der Waals surface area contributed by atoms with E-state index in [0.717, 1.165) is 11.6 Å². The Morgan fingerprint density at radius 2 is 2.00 bits per heavy atom. The lowest BCUT2D eigenvalue weighted by Gasteiger charge is -2.46. The molecular formula is C21H20FNO4. The van der Waals surface area contributed by atoms with E-state index in [1.54, 1.807) is 4.90 Å². The number of Topliss-reactive ketones (excluding diaryl/α,β-unsaturated/α-hetero) is 1. The van der Waals surface area contributed by atoms with Crippen molar-refractivity contribution in [3.63, 3.8) is 0 Å². The van der Waals surface area contributed by atoms with E-state index in [1.807, 2.05) is 37.3 Å². The maximum absolute atomic E-state index is 13.4. The highest BCUT2D eigenvalue weighted by molar-refractivity contribution is 6.03. The monoisotopic (exact) mass is 369 g/mol. The molecule has 0 aromatic heterocycles. The molecule has 2 aromatic carbocycles. The van der Waals surface area contributed by atoms with Crippen LogP contribution in [-0.2, 0) is 15.1 Å². The van der Waals surface area contributed by atoms with Crippen molar-refractivity contribution in [2.24, 2.45) is 0 Å². The van der Waals surface area contributed by atoms with Crippen LogP contribution in [0.15, 0.2) is 48.5 Å². The quantitative estimate of drug-likeness (QED) is 0.817. The molecule has 1 fully saturated rings. The van der Waals surface area contributed by atoms with Crippen molar-refractivity contribution in [2.75, 3.05) is 19.8 Å². The van der Waals surface area contributed by atoms with E-state index in [-0.39, 0.29) is 29.4 Å². The maximum Gasteiger partial charge on any atom is 0.265 e. The Labute approximate surface area is 156 Å². The summed E-state index contributed by atoms with van der Waals surface area (Å²) >= 11 is 0. The molecule has 2 aliphatic rings. The topological polar surface area (TPSA) is 55.8 Å². The number of hydrogen-bond donors (Lipinski definition) is 0. The number of rotatable bonds is 2. The Bertz CT molecular complexity index is 885. The molecule has 0 radical (unpaired) electrons. The zero-order valence-electron chi connectivity index (χ0n) is 15.0. The van der Waals surface area contributed by atoms with Crippen LogP contribution < -0.4 is 4.74 Å². The minimum atomic E-state index is -0.920. The smallest absolute Gasteiger partial charge is 0.265 e. The summed E-state index contributed by atoms with van der Waals surface area (Å²) in [5.41, 5.74) is 0.501. The van der Waals surface area contributed by atoms with E-state index >= 15 is 0 Å². The Hall–Kier alpha value is -2.73. The van der Waals surface area contributed by atoms with Gasteiger partial charge in [0.05, 0.1) is 30.7 Å². The summed E-state index contributed by atoms with van der Waals surface area (Å²) < 4.78 is 24.8. The van der Waals surface area contributed by atoms with E-state index in [2.05, 4.69) is 0 Å². The predicted octanol–water partition coefficient (Wildman–Crippen LogP) is 2.93. The van der Waals surface area contributed by atoms with Crippen molar-refractivity contribution in [1.82, 2.24) is 4.90 Å². The molecule has 0 aliphatic carbocycles. The first-order chi connectivity index (χ1) is 13.0. The van der Waals surface area contributed by atoms with Gasteiger partial charge in [0.1, 0.15) is 11.6 Å². The fourth-order valence-electron chi connectivity index (χ4n) is 3.75. The van der Waals surface area contributed by atoms with Crippen LogP contribution in [0.25, 0.3) is 0 Å². The Morgan fingerprint density at radius 1 is 1.22 bits per heavy atom. The predicted molar refractivity (Wildman–Crippen MR) is 96.1 cm³/mol. The van der Waals surface area contributed by atoms with Crippen molar-refractivity contribution in [3.8, 4) is 5.75 Å². The second-order valence-electron chi connectivity index (χ2n) is 7.06. The molecule has 0 bridgehead atoms. The van der Waals surface area contributed by atoms with Gasteiger partial charge in [-0.2, -0.15) is 0 Å². The Kier molecular flexibility index (Phi) is 4.44. The van der Waals surface area contributed by atoms with E-state index in [9.17, 15) is 14.0 Å². The van der Waals surface area contributed by atoms with E-state index in [1.165, 1.54) is 12.1 Å². The van der Waals surface area contributed by atoms with Crippen molar-refractivity contribution in [2.45, 2.75) is 25.0 Å². The molecule has 140 valence electrons. The molecule has 27 heavy (non-hydrogen) atoms. The number of fused-ring (bicyclic) bond motifs is 1. The number of benzene rings is 2. The fourth-order valence-corrected chi connectivity index (χ4v) is 3.75. The Morgan fingerprint density at radius 3 is 2.78 bits per heavy atom. The average Bonchev–Trinajstić information content (AvgIpc) is 2.69. The number of hydrogen-bond acceptors (Lipinski definition) is 4. The molecule has 2 aliphatic heterocycles. The summed E-state index contributed by atoms with van der Waals surface area (Å²) in [6.07, 6.45) is -1.02. The number of ketones is 1. The lowest BCUT2D eigenvalue weighted by atomic mass is 9.88. The van der Waals surface area contributed by atoms with E-state index < -0.39 is 17.5 Å². The Balaban J connectivity index is 1.63. The van der Waals surface area contributed by atoms with Crippen LogP contribution in [0.4, 0.5) is 4.39 Å². The van der Waals surface area contributed by atoms with Crippen LogP contribution >= 0.6 is 0 Å². The van der Waals surface area contributed by atoms with Crippen LogP contribution in [0.5, 0.6) is 5.75 Å². The van der Waals surface area contributed by atoms with Crippen LogP contribution in [0.3, 0.4) is 0 Å². The van der Waals surface area contributed by atoms with Crippen molar-refractivity contribution >= 4 is 11.7 Å². The van der Waals surface area contributed by atoms with Gasteiger partial charge in [-0.1, -0.05) is 30.3 Å². The number of carbonyl (C=O) groups excluding carboxylic acids is 2. The minimum absolute atomic E-state index is 0.0997. The molecule has 4 rings (SSSR count). The zero-order chi connectivity index (χ0) is 19.0. The van der Waals surface area contributed by atoms with Crippen molar-refractivity contribution < 1.29 is 23.5 Å². The minimum Gasteiger partial charge on any atom is -0.479 e. The van der Waals surface area contributed by atoms with Gasteiger partial charge in [-0.3, -0.25) is 9.59 Å². The summed E-state index contributed by atoms with van der Waals surface area (Å²) in [5, 5.41) is 0. The average molecular weight is 369 g/mol. The second kappa shape index (κ2) is 6.78. The molecule has 2 unspecified atom stereocenters. The van der Waals surface area contributed by atoms with Gasteiger partial charge in [0.15, 0.2) is 11.9 Å². The maximum atomic E-state index is 13.4. The number of halogens is 1. The molecule has 6 heteroatoms. The fraction of sp³-hybridized carbons (Fsp3) is 0.333. The molecular weight excluding hydrogens is 349 g/mol. The second-order valence-corrected chi connectivity index (χ2v) is 7.06. The zero-order valence-corrected chi connectivity index (χ0v) is 15.0. The summed E-state index contributed by atoms with van der Waals surface area (Å²) in [4.78, 5) is 27.4. The van der Waals surface area contributed by atoms with Gasteiger partial charge in [0.2, 0.25) is 0 Å². The summed E-state index contributed by atoms with van der Waals surface area (Å²) in [5.74, 6) is -0.794. The molecule has 0 N–H and O–H groups in total. The van der Waals surface area contributed by atoms with Gasteiger partial charge in [-0.05, 0) is 30.7 Å². The van der Waals surface area contributed by atoms with E-state index in [4.69, 9.17) is 9.47 Å². The van der Waals surface area contributed by atoms with Gasteiger partial charge in [-0.25, -0.2) is 4.39 Å². The van der Waals surface area contributed by atoms with Crippen molar-refractivity contribution in [1.29, 1.82) is 0 Å². The molecule has 2 heterocycles. The third-order valence-electron chi connectivity index (χ3n) is 5.26. The highest BCUT2D eigenvalue weighted by Crippen LogP contribution is 2.34. The van der Waals surface area contributed by atoms with Crippen LogP contribution in [0.1, 0.15) is 29.3 Å². The van der Waals surface area contributed by atoms with Crippen LogP contribution in [-0.4, -0.2) is 42.5 Å². The van der Waals surface area contributed by atoms with Gasteiger partial charge >= 0.3 is 0 Å². The summed E-state index contributed by atoms with van der Waals surface area (Å²) in [6.45, 7) is 3.16. The van der Waals surface area contributed by atoms with Gasteiger partial charge < -0.3 is 14.4 Å². The SMILES string of the molecule is CC1(c2ccccc2)COCCN1C(=O)C1CC(=O)c2cc(F)ccc2O1. The third-order valence-corrected chi connectivity index (χ3v) is 5.26. The molecule has 5 nitrogen and oxygen atoms in total. The normalized spacial score (nSPS) is 24.9. The van der Waals surface area contributed by atoms with Gasteiger partial charge in [0, 0.05) is 6.54 Å². The van der Waals surface area contributed by atoms with Gasteiger partial charge in [0.25, 0.3) is 5.91 Å². The van der Waals surface area contributed by atoms with Gasteiger partial charge in [-0.15, -0.1) is 0 Å². The molecule has 1 amide bonds. The first-order valence-electron chi connectivity index (χ1n) is 8.93. The molecule has 0 saturated carbocycles. The molecule has 0 spiro atoms. The van der Waals surface area contributed by atoms with E-state index in [0.29, 0.717) is 19.8 Å². The molecule has 1 saturated heterocycles. The summed E-state index contributed by atoms with van der Waals surface area (Å²) in [7, 11) is 0. The lowest BCUT2D eigenvalue weighted by molar-refractivity contribution is -0.156. The number of morpholine rings is 1. The first-order valence-corrected chi connectivity index (χ1v) is 8.93. The highest BCUT2D eigenvalue weighted by Gasteiger charge is 2.44. The first kappa shape index (κ1) is 17.7. The highest BCUT2D eigenvalue weighted by atomic mass is 19.1. The number of nitrogens with zero attached hydrogens (tertiary/aromatic N) is 1. The summed E-state index contributed by atoms with van der Waals surface area (Å²) in [6, 6.07) is 13.5. The number of ether oxygens (including phenoxy) is 2. The third kappa shape index (κ3) is 3.10. The van der Waals surface area contributed by atoms with Crippen molar-refractivity contribution in [3.05, 3.63) is 65.5 Å². The van der Waals surface area contributed by atoms with Crippen LogP contribution in [0, 0.1) is 5.82 Å². The molecule has 2 atom stereocenters. The largest absolute Gasteiger partial charge is 0.479 e. The van der Waals surface area contributed by atoms with Crippen LogP contribution in [0.2, 0.25) is 0 Å².